The second-order valence-electron chi connectivity index (χ2n) is 5.05. The largest absolute Gasteiger partial charge is 0.480 e. The average Bonchev–Trinajstić information content (AvgIpc) is 2.24. The highest BCUT2D eigenvalue weighted by Crippen LogP contribution is 2.23. The van der Waals surface area contributed by atoms with E-state index in [0.29, 0.717) is 11.4 Å². The Balaban J connectivity index is 2.62. The zero-order chi connectivity index (χ0) is 14.5. The highest BCUT2D eigenvalue weighted by atomic mass is 16.6. The molecular formula is C14H19NO4. The van der Waals surface area contributed by atoms with Crippen molar-refractivity contribution in [2.24, 2.45) is 0 Å². The zero-order valence-electron chi connectivity index (χ0n) is 11.6. The molecule has 1 rings (SSSR count). The average molecular weight is 265 g/mol. The lowest BCUT2D eigenvalue weighted by Gasteiger charge is -2.19. The normalized spacial score (nSPS) is 10.7. The molecule has 0 fully saturated rings. The molecule has 5 nitrogen and oxygen atoms in total. The predicted octanol–water partition coefficient (Wildman–Crippen LogP) is 2.37. The summed E-state index contributed by atoms with van der Waals surface area (Å²) >= 11 is 0. The molecular weight excluding hydrogens is 246 g/mol. The van der Waals surface area contributed by atoms with Crippen molar-refractivity contribution in [1.82, 2.24) is 0 Å². The SMILES string of the molecule is CC(=O)Nc1ccccc1OCC(=O)OC(C)(C)C. The molecule has 0 aliphatic heterocycles. The smallest absolute Gasteiger partial charge is 0.344 e. The molecule has 104 valence electrons. The van der Waals surface area contributed by atoms with Crippen molar-refractivity contribution in [3.05, 3.63) is 24.3 Å². The Morgan fingerprint density at radius 2 is 1.84 bits per heavy atom. The fourth-order valence-electron chi connectivity index (χ4n) is 1.39. The van der Waals surface area contributed by atoms with Crippen LogP contribution in [0.15, 0.2) is 24.3 Å². The maximum atomic E-state index is 11.5. The molecule has 1 amide bonds. The number of carbonyl (C=O) groups excluding carboxylic acids is 2. The summed E-state index contributed by atoms with van der Waals surface area (Å²) in [6.45, 7) is 6.57. The zero-order valence-corrected chi connectivity index (χ0v) is 11.6. The quantitative estimate of drug-likeness (QED) is 0.849. The van der Waals surface area contributed by atoms with Gasteiger partial charge in [0.05, 0.1) is 5.69 Å². The minimum Gasteiger partial charge on any atom is -0.480 e. The van der Waals surface area contributed by atoms with E-state index in [1.165, 1.54) is 6.92 Å². The Morgan fingerprint density at radius 1 is 1.21 bits per heavy atom. The van der Waals surface area contributed by atoms with Crippen LogP contribution in [0, 0.1) is 0 Å². The number of rotatable bonds is 4. The van der Waals surface area contributed by atoms with Gasteiger partial charge in [0.1, 0.15) is 11.4 Å². The second kappa shape index (κ2) is 6.22. The number of anilines is 1. The molecule has 0 unspecified atom stereocenters. The molecule has 0 aliphatic carbocycles. The molecule has 0 spiro atoms. The van der Waals surface area contributed by atoms with Crippen molar-refractivity contribution in [2.45, 2.75) is 33.3 Å². The molecule has 0 aromatic heterocycles. The van der Waals surface area contributed by atoms with Gasteiger partial charge in [-0.05, 0) is 32.9 Å². The van der Waals surface area contributed by atoms with Crippen molar-refractivity contribution < 1.29 is 19.1 Å². The third-order valence-electron chi connectivity index (χ3n) is 1.96. The topological polar surface area (TPSA) is 64.6 Å². The molecule has 5 heteroatoms. The molecule has 0 saturated carbocycles. The van der Waals surface area contributed by atoms with Crippen LogP contribution in [0.25, 0.3) is 0 Å². The van der Waals surface area contributed by atoms with Crippen LogP contribution in [-0.4, -0.2) is 24.1 Å². The number of ether oxygens (including phenoxy) is 2. The van der Waals surface area contributed by atoms with Crippen molar-refractivity contribution in [2.75, 3.05) is 11.9 Å². The van der Waals surface area contributed by atoms with Crippen LogP contribution in [0.2, 0.25) is 0 Å². The lowest BCUT2D eigenvalue weighted by atomic mass is 10.2. The van der Waals surface area contributed by atoms with Crippen molar-refractivity contribution >= 4 is 17.6 Å². The third kappa shape index (κ3) is 5.90. The van der Waals surface area contributed by atoms with Gasteiger partial charge in [-0.25, -0.2) is 4.79 Å². The minimum absolute atomic E-state index is 0.201. The lowest BCUT2D eigenvalue weighted by molar-refractivity contribution is -0.157. The Hall–Kier alpha value is -2.04. The van der Waals surface area contributed by atoms with Crippen LogP contribution < -0.4 is 10.1 Å². The van der Waals surface area contributed by atoms with E-state index in [1.54, 1.807) is 45.0 Å². The van der Waals surface area contributed by atoms with E-state index in [-0.39, 0.29) is 12.5 Å². The van der Waals surface area contributed by atoms with Crippen LogP contribution in [0.3, 0.4) is 0 Å². The number of para-hydroxylation sites is 2. The van der Waals surface area contributed by atoms with E-state index in [1.807, 2.05) is 0 Å². The molecule has 1 aromatic carbocycles. The van der Waals surface area contributed by atoms with E-state index in [2.05, 4.69) is 5.32 Å². The molecule has 0 heterocycles. The first-order chi connectivity index (χ1) is 8.78. The van der Waals surface area contributed by atoms with Crippen LogP contribution in [0.1, 0.15) is 27.7 Å². The van der Waals surface area contributed by atoms with Gasteiger partial charge in [0.2, 0.25) is 5.91 Å². The standard InChI is InChI=1S/C14H19NO4/c1-10(16)15-11-7-5-6-8-12(11)18-9-13(17)19-14(2,3)4/h5-8H,9H2,1-4H3,(H,15,16). The number of benzene rings is 1. The summed E-state index contributed by atoms with van der Waals surface area (Å²) in [5, 5.41) is 2.63. The highest BCUT2D eigenvalue weighted by Gasteiger charge is 2.17. The molecule has 0 atom stereocenters. The number of esters is 1. The molecule has 0 saturated heterocycles. The third-order valence-corrected chi connectivity index (χ3v) is 1.96. The second-order valence-corrected chi connectivity index (χ2v) is 5.05. The van der Waals surface area contributed by atoms with Crippen molar-refractivity contribution in [1.29, 1.82) is 0 Å². The van der Waals surface area contributed by atoms with E-state index in [4.69, 9.17) is 9.47 Å². The van der Waals surface area contributed by atoms with Gasteiger partial charge in [-0.3, -0.25) is 4.79 Å². The molecule has 1 aromatic rings. The van der Waals surface area contributed by atoms with Gasteiger partial charge in [-0.15, -0.1) is 0 Å². The van der Waals surface area contributed by atoms with Gasteiger partial charge in [-0.1, -0.05) is 12.1 Å². The lowest BCUT2D eigenvalue weighted by Crippen LogP contribution is -2.27. The van der Waals surface area contributed by atoms with Crippen LogP contribution >= 0.6 is 0 Å². The maximum absolute atomic E-state index is 11.5. The number of amides is 1. The first-order valence-corrected chi connectivity index (χ1v) is 5.99. The first kappa shape index (κ1) is 15.0. The Bertz CT molecular complexity index is 463. The van der Waals surface area contributed by atoms with Crippen molar-refractivity contribution in [3.8, 4) is 5.75 Å². The van der Waals surface area contributed by atoms with Gasteiger partial charge < -0.3 is 14.8 Å². The maximum Gasteiger partial charge on any atom is 0.344 e. The Labute approximate surface area is 112 Å². The van der Waals surface area contributed by atoms with Gasteiger partial charge in [0.25, 0.3) is 0 Å². The number of hydrogen-bond acceptors (Lipinski definition) is 4. The number of carbonyl (C=O) groups is 2. The summed E-state index contributed by atoms with van der Waals surface area (Å²) in [5.41, 5.74) is -0.0176. The summed E-state index contributed by atoms with van der Waals surface area (Å²) in [5.74, 6) is -0.220. The van der Waals surface area contributed by atoms with Gasteiger partial charge in [0.15, 0.2) is 6.61 Å². The first-order valence-electron chi connectivity index (χ1n) is 5.99. The fraction of sp³-hybridized carbons (Fsp3) is 0.429. The Morgan fingerprint density at radius 3 is 2.42 bits per heavy atom. The number of hydrogen-bond donors (Lipinski definition) is 1. The Kier molecular flexibility index (Phi) is 4.92. The predicted molar refractivity (Wildman–Crippen MR) is 72.1 cm³/mol. The fourth-order valence-corrected chi connectivity index (χ4v) is 1.39. The summed E-state index contributed by atoms with van der Waals surface area (Å²) in [6, 6.07) is 6.91. The van der Waals surface area contributed by atoms with E-state index < -0.39 is 11.6 Å². The molecule has 1 N–H and O–H groups in total. The van der Waals surface area contributed by atoms with E-state index in [0.717, 1.165) is 0 Å². The summed E-state index contributed by atoms with van der Waals surface area (Å²) in [4.78, 5) is 22.6. The van der Waals surface area contributed by atoms with Gasteiger partial charge in [-0.2, -0.15) is 0 Å². The van der Waals surface area contributed by atoms with Crippen LogP contribution in [0.5, 0.6) is 5.75 Å². The van der Waals surface area contributed by atoms with Crippen LogP contribution in [0.4, 0.5) is 5.69 Å². The summed E-state index contributed by atoms with van der Waals surface area (Å²) in [7, 11) is 0. The molecule has 0 aliphatic rings. The monoisotopic (exact) mass is 265 g/mol. The molecule has 0 bridgehead atoms. The van der Waals surface area contributed by atoms with E-state index >= 15 is 0 Å². The van der Waals surface area contributed by atoms with E-state index in [9.17, 15) is 9.59 Å². The highest BCUT2D eigenvalue weighted by molar-refractivity contribution is 5.90. The molecule has 19 heavy (non-hydrogen) atoms. The molecule has 0 radical (unpaired) electrons. The van der Waals surface area contributed by atoms with Crippen molar-refractivity contribution in [3.63, 3.8) is 0 Å². The summed E-state index contributed by atoms with van der Waals surface area (Å²) < 4.78 is 10.5. The van der Waals surface area contributed by atoms with Crippen LogP contribution in [-0.2, 0) is 14.3 Å². The minimum atomic E-state index is -0.544. The van der Waals surface area contributed by atoms with Gasteiger partial charge in [0, 0.05) is 6.92 Å². The summed E-state index contributed by atoms with van der Waals surface area (Å²) in [6.07, 6.45) is 0. The van der Waals surface area contributed by atoms with Gasteiger partial charge >= 0.3 is 5.97 Å². The number of nitrogens with one attached hydrogen (secondary N) is 1.